The van der Waals surface area contributed by atoms with Crippen LogP contribution in [0.25, 0.3) is 11.1 Å². The molecule has 1 heterocycles. The van der Waals surface area contributed by atoms with Gasteiger partial charge in [-0.1, -0.05) is 72.8 Å². The standard InChI is InChI=1S/C28H30N2O3/c1-33-26-14-8-6-11-22(26)15-16-27(31)30-18-17-29-28(32)24(20-30)19-23-12-5-7-13-25(23)21-9-3-2-4-10-21/h2-14,24H,15-20H2,1H3,(H,29,32). The van der Waals surface area contributed by atoms with Gasteiger partial charge in [-0.2, -0.15) is 0 Å². The average Bonchev–Trinajstić information content (AvgIpc) is 3.05. The summed E-state index contributed by atoms with van der Waals surface area (Å²) in [6, 6.07) is 26.2. The van der Waals surface area contributed by atoms with Crippen LogP contribution in [0, 0.1) is 5.92 Å². The van der Waals surface area contributed by atoms with Crippen LogP contribution in [-0.4, -0.2) is 43.5 Å². The van der Waals surface area contributed by atoms with E-state index in [9.17, 15) is 9.59 Å². The molecule has 0 spiro atoms. The minimum absolute atomic E-state index is 0.0119. The van der Waals surface area contributed by atoms with Crippen LogP contribution >= 0.6 is 0 Å². The Bertz CT molecular complexity index is 1100. The number of benzene rings is 3. The highest BCUT2D eigenvalue weighted by molar-refractivity contribution is 5.82. The van der Waals surface area contributed by atoms with Gasteiger partial charge in [0, 0.05) is 26.1 Å². The summed E-state index contributed by atoms with van der Waals surface area (Å²) in [5, 5.41) is 3.00. The van der Waals surface area contributed by atoms with Gasteiger partial charge in [0.15, 0.2) is 0 Å². The lowest BCUT2D eigenvalue weighted by atomic mass is 9.91. The molecule has 3 aromatic rings. The Hall–Kier alpha value is -3.60. The smallest absolute Gasteiger partial charge is 0.225 e. The van der Waals surface area contributed by atoms with Crippen LogP contribution in [0.5, 0.6) is 5.75 Å². The van der Waals surface area contributed by atoms with Crippen molar-refractivity contribution < 1.29 is 14.3 Å². The summed E-state index contributed by atoms with van der Waals surface area (Å²) in [6.45, 7) is 1.45. The van der Waals surface area contributed by atoms with Crippen molar-refractivity contribution in [1.82, 2.24) is 10.2 Å². The van der Waals surface area contributed by atoms with Crippen LogP contribution in [0.1, 0.15) is 17.5 Å². The molecule has 1 fully saturated rings. The Labute approximate surface area is 195 Å². The first kappa shape index (κ1) is 22.6. The lowest BCUT2D eigenvalue weighted by Crippen LogP contribution is -2.37. The zero-order valence-electron chi connectivity index (χ0n) is 19.0. The van der Waals surface area contributed by atoms with E-state index in [0.29, 0.717) is 38.9 Å². The number of para-hydroxylation sites is 1. The molecular weight excluding hydrogens is 412 g/mol. The quantitative estimate of drug-likeness (QED) is 0.599. The monoisotopic (exact) mass is 442 g/mol. The molecule has 5 heteroatoms. The van der Waals surface area contributed by atoms with Crippen molar-refractivity contribution in [3.8, 4) is 16.9 Å². The fourth-order valence-corrected chi connectivity index (χ4v) is 4.45. The fourth-order valence-electron chi connectivity index (χ4n) is 4.45. The second-order valence-corrected chi connectivity index (χ2v) is 8.37. The maximum absolute atomic E-state index is 13.1. The van der Waals surface area contributed by atoms with Crippen molar-refractivity contribution in [2.75, 3.05) is 26.7 Å². The predicted molar refractivity (Wildman–Crippen MR) is 130 cm³/mol. The SMILES string of the molecule is COc1ccccc1CCC(=O)N1CCNC(=O)C(Cc2ccccc2-c2ccccc2)C1. The van der Waals surface area contributed by atoms with Gasteiger partial charge >= 0.3 is 0 Å². The number of hydrogen-bond acceptors (Lipinski definition) is 3. The van der Waals surface area contributed by atoms with Crippen molar-refractivity contribution in [3.05, 3.63) is 90.0 Å². The molecule has 1 aliphatic rings. The van der Waals surface area contributed by atoms with E-state index in [2.05, 4.69) is 29.6 Å². The number of carbonyl (C=O) groups is 2. The number of carbonyl (C=O) groups excluding carboxylic acids is 2. The molecule has 3 aromatic carbocycles. The highest BCUT2D eigenvalue weighted by Crippen LogP contribution is 2.26. The maximum Gasteiger partial charge on any atom is 0.225 e. The lowest BCUT2D eigenvalue weighted by Gasteiger charge is -2.24. The molecule has 0 saturated carbocycles. The van der Waals surface area contributed by atoms with E-state index in [0.717, 1.165) is 28.0 Å². The van der Waals surface area contributed by atoms with Crippen molar-refractivity contribution in [2.45, 2.75) is 19.3 Å². The van der Waals surface area contributed by atoms with Crippen molar-refractivity contribution in [1.29, 1.82) is 0 Å². The van der Waals surface area contributed by atoms with Crippen LogP contribution in [0.4, 0.5) is 0 Å². The van der Waals surface area contributed by atoms with Crippen LogP contribution in [0.15, 0.2) is 78.9 Å². The maximum atomic E-state index is 13.1. The number of amides is 2. The van der Waals surface area contributed by atoms with Gasteiger partial charge in [-0.3, -0.25) is 9.59 Å². The molecule has 1 atom stereocenters. The molecule has 0 bridgehead atoms. The van der Waals surface area contributed by atoms with Crippen LogP contribution in [0.3, 0.4) is 0 Å². The van der Waals surface area contributed by atoms with Gasteiger partial charge in [0.05, 0.1) is 13.0 Å². The number of nitrogens with zero attached hydrogens (tertiary/aromatic N) is 1. The zero-order valence-corrected chi connectivity index (χ0v) is 19.0. The lowest BCUT2D eigenvalue weighted by molar-refractivity contribution is -0.132. The molecule has 1 unspecified atom stereocenters. The van der Waals surface area contributed by atoms with E-state index >= 15 is 0 Å². The highest BCUT2D eigenvalue weighted by Gasteiger charge is 2.28. The number of nitrogens with one attached hydrogen (secondary N) is 1. The molecule has 33 heavy (non-hydrogen) atoms. The third kappa shape index (κ3) is 5.61. The fraction of sp³-hybridized carbons (Fsp3) is 0.286. The van der Waals surface area contributed by atoms with Gasteiger partial charge < -0.3 is 15.0 Å². The Morgan fingerprint density at radius 1 is 0.970 bits per heavy atom. The molecule has 0 aromatic heterocycles. The summed E-state index contributed by atoms with van der Waals surface area (Å²) in [5.74, 6) is 0.595. The number of ether oxygens (including phenoxy) is 1. The summed E-state index contributed by atoms with van der Waals surface area (Å²) in [6.07, 6.45) is 1.59. The minimum atomic E-state index is -0.285. The van der Waals surface area contributed by atoms with E-state index in [1.54, 1.807) is 7.11 Å². The molecule has 1 aliphatic heterocycles. The number of hydrogen-bond donors (Lipinski definition) is 1. The molecule has 2 amide bonds. The largest absolute Gasteiger partial charge is 0.496 e. The third-order valence-corrected chi connectivity index (χ3v) is 6.21. The van der Waals surface area contributed by atoms with Crippen molar-refractivity contribution in [3.63, 3.8) is 0 Å². The second-order valence-electron chi connectivity index (χ2n) is 8.37. The van der Waals surface area contributed by atoms with Gasteiger partial charge in [0.25, 0.3) is 0 Å². The van der Waals surface area contributed by atoms with E-state index < -0.39 is 0 Å². The van der Waals surface area contributed by atoms with E-state index in [1.165, 1.54) is 0 Å². The normalized spacial score (nSPS) is 16.1. The van der Waals surface area contributed by atoms with E-state index in [1.807, 2.05) is 59.5 Å². The van der Waals surface area contributed by atoms with Crippen LogP contribution in [-0.2, 0) is 22.4 Å². The van der Waals surface area contributed by atoms with Gasteiger partial charge in [0.2, 0.25) is 11.8 Å². The number of aryl methyl sites for hydroxylation is 1. The average molecular weight is 443 g/mol. The Balaban J connectivity index is 1.46. The molecule has 1 saturated heterocycles. The third-order valence-electron chi connectivity index (χ3n) is 6.21. The zero-order chi connectivity index (χ0) is 23.0. The van der Waals surface area contributed by atoms with Gasteiger partial charge in [-0.25, -0.2) is 0 Å². The molecule has 170 valence electrons. The van der Waals surface area contributed by atoms with Gasteiger partial charge in [-0.15, -0.1) is 0 Å². The molecule has 0 aliphatic carbocycles. The Kier molecular flexibility index (Phi) is 7.40. The first-order valence-corrected chi connectivity index (χ1v) is 11.5. The molecule has 4 rings (SSSR count). The first-order chi connectivity index (χ1) is 16.2. The summed E-state index contributed by atoms with van der Waals surface area (Å²) in [5.41, 5.74) is 4.40. The summed E-state index contributed by atoms with van der Waals surface area (Å²) in [7, 11) is 1.64. The molecular formula is C28H30N2O3. The van der Waals surface area contributed by atoms with Crippen molar-refractivity contribution >= 4 is 11.8 Å². The second kappa shape index (κ2) is 10.8. The molecule has 5 nitrogen and oxygen atoms in total. The summed E-state index contributed by atoms with van der Waals surface area (Å²) < 4.78 is 5.41. The Morgan fingerprint density at radius 2 is 1.67 bits per heavy atom. The predicted octanol–water partition coefficient (Wildman–Crippen LogP) is 4.11. The minimum Gasteiger partial charge on any atom is -0.496 e. The van der Waals surface area contributed by atoms with Crippen LogP contribution < -0.4 is 10.1 Å². The highest BCUT2D eigenvalue weighted by atomic mass is 16.5. The van der Waals surface area contributed by atoms with E-state index in [-0.39, 0.29) is 17.7 Å². The molecule has 0 radical (unpaired) electrons. The topological polar surface area (TPSA) is 58.6 Å². The van der Waals surface area contributed by atoms with E-state index in [4.69, 9.17) is 4.74 Å². The number of rotatable bonds is 7. The Morgan fingerprint density at radius 3 is 2.45 bits per heavy atom. The van der Waals surface area contributed by atoms with Crippen LogP contribution in [0.2, 0.25) is 0 Å². The first-order valence-electron chi connectivity index (χ1n) is 11.5. The summed E-state index contributed by atoms with van der Waals surface area (Å²) in [4.78, 5) is 27.7. The van der Waals surface area contributed by atoms with Gasteiger partial charge in [-0.05, 0) is 41.2 Å². The molecule has 1 N–H and O–H groups in total. The number of methoxy groups -OCH3 is 1. The van der Waals surface area contributed by atoms with Gasteiger partial charge in [0.1, 0.15) is 5.75 Å². The van der Waals surface area contributed by atoms with Crippen molar-refractivity contribution in [2.24, 2.45) is 5.92 Å². The summed E-state index contributed by atoms with van der Waals surface area (Å²) >= 11 is 0.